The highest BCUT2D eigenvalue weighted by Crippen LogP contribution is 2.26. The SMILES string of the molecule is Cc1cc(C)c(S(=O)(=O)N(CC(=O)Nc2ccc(C(=O)N3CCN(C)CC3)cc2)Cc2ccccc2)c(C)c1. The summed E-state index contributed by atoms with van der Waals surface area (Å²) in [5.74, 6) is -0.500. The van der Waals surface area contributed by atoms with Gasteiger partial charge in [0, 0.05) is 44.0 Å². The second-order valence-corrected chi connectivity index (χ2v) is 12.1. The molecule has 1 aliphatic rings. The zero-order valence-corrected chi connectivity index (χ0v) is 23.8. The maximum Gasteiger partial charge on any atom is 0.253 e. The second-order valence-electron chi connectivity index (χ2n) is 10.2. The monoisotopic (exact) mass is 548 g/mol. The van der Waals surface area contributed by atoms with Crippen molar-refractivity contribution in [1.29, 1.82) is 0 Å². The van der Waals surface area contributed by atoms with Gasteiger partial charge in [-0.2, -0.15) is 4.31 Å². The van der Waals surface area contributed by atoms with Crippen molar-refractivity contribution in [2.75, 3.05) is 45.1 Å². The van der Waals surface area contributed by atoms with Crippen LogP contribution in [0.15, 0.2) is 71.6 Å². The lowest BCUT2D eigenvalue weighted by Crippen LogP contribution is -2.47. The van der Waals surface area contributed by atoms with Gasteiger partial charge in [0.1, 0.15) is 0 Å². The minimum absolute atomic E-state index is 0.0371. The minimum Gasteiger partial charge on any atom is -0.336 e. The zero-order valence-electron chi connectivity index (χ0n) is 23.0. The molecule has 2 amide bonds. The van der Waals surface area contributed by atoms with Crippen LogP contribution in [0.25, 0.3) is 0 Å². The average molecular weight is 549 g/mol. The first-order valence-electron chi connectivity index (χ1n) is 13.0. The summed E-state index contributed by atoms with van der Waals surface area (Å²) in [6.07, 6.45) is 0. The van der Waals surface area contributed by atoms with E-state index in [2.05, 4.69) is 10.2 Å². The van der Waals surface area contributed by atoms with Crippen LogP contribution in [-0.4, -0.2) is 74.1 Å². The summed E-state index contributed by atoms with van der Waals surface area (Å²) in [6, 6.07) is 19.6. The maximum atomic E-state index is 13.9. The lowest BCUT2D eigenvalue weighted by molar-refractivity contribution is -0.116. The quantitative estimate of drug-likeness (QED) is 0.462. The predicted molar refractivity (Wildman–Crippen MR) is 153 cm³/mol. The number of nitrogens with one attached hydrogen (secondary N) is 1. The number of carbonyl (C=O) groups is 2. The van der Waals surface area contributed by atoms with Crippen LogP contribution in [0, 0.1) is 20.8 Å². The molecular formula is C30H36N4O4S. The molecule has 0 atom stereocenters. The average Bonchev–Trinajstić information content (AvgIpc) is 2.88. The number of hydrogen-bond acceptors (Lipinski definition) is 5. The molecule has 3 aromatic rings. The molecule has 1 heterocycles. The summed E-state index contributed by atoms with van der Waals surface area (Å²) in [7, 11) is -1.94. The smallest absolute Gasteiger partial charge is 0.253 e. The first kappa shape index (κ1) is 28.5. The van der Waals surface area contributed by atoms with Gasteiger partial charge in [0.15, 0.2) is 0 Å². The third kappa shape index (κ3) is 6.92. The number of amides is 2. The van der Waals surface area contributed by atoms with Gasteiger partial charge in [-0.25, -0.2) is 8.42 Å². The number of sulfonamides is 1. The van der Waals surface area contributed by atoms with Crippen LogP contribution in [-0.2, 0) is 21.4 Å². The number of nitrogens with zero attached hydrogens (tertiary/aromatic N) is 3. The van der Waals surface area contributed by atoms with Crippen molar-refractivity contribution in [3.8, 4) is 0 Å². The van der Waals surface area contributed by atoms with Gasteiger partial charge in [-0.3, -0.25) is 9.59 Å². The van der Waals surface area contributed by atoms with Crippen LogP contribution in [0.5, 0.6) is 0 Å². The van der Waals surface area contributed by atoms with E-state index in [1.165, 1.54) is 4.31 Å². The fraction of sp³-hybridized carbons (Fsp3) is 0.333. The maximum absolute atomic E-state index is 13.9. The van der Waals surface area contributed by atoms with Crippen LogP contribution in [0.2, 0.25) is 0 Å². The molecule has 0 aromatic heterocycles. The van der Waals surface area contributed by atoms with Gasteiger partial charge in [0.05, 0.1) is 11.4 Å². The molecule has 0 bridgehead atoms. The van der Waals surface area contributed by atoms with E-state index in [4.69, 9.17) is 0 Å². The third-order valence-electron chi connectivity index (χ3n) is 6.93. The summed E-state index contributed by atoms with van der Waals surface area (Å²) in [4.78, 5) is 30.2. The molecule has 0 radical (unpaired) electrons. The molecular weight excluding hydrogens is 512 g/mol. The van der Waals surface area contributed by atoms with Gasteiger partial charge in [-0.15, -0.1) is 0 Å². The lowest BCUT2D eigenvalue weighted by atomic mass is 10.1. The number of hydrogen-bond donors (Lipinski definition) is 1. The van der Waals surface area contributed by atoms with Gasteiger partial charge >= 0.3 is 0 Å². The molecule has 4 rings (SSSR count). The van der Waals surface area contributed by atoms with E-state index in [1.807, 2.05) is 61.3 Å². The van der Waals surface area contributed by atoms with Gasteiger partial charge in [0.2, 0.25) is 15.9 Å². The Bertz CT molecular complexity index is 1410. The number of anilines is 1. The van der Waals surface area contributed by atoms with Crippen molar-refractivity contribution in [1.82, 2.24) is 14.1 Å². The van der Waals surface area contributed by atoms with Gasteiger partial charge < -0.3 is 15.1 Å². The van der Waals surface area contributed by atoms with E-state index in [9.17, 15) is 18.0 Å². The molecule has 3 aromatic carbocycles. The highest BCUT2D eigenvalue weighted by atomic mass is 32.2. The van der Waals surface area contributed by atoms with E-state index in [-0.39, 0.29) is 23.9 Å². The summed E-state index contributed by atoms with van der Waals surface area (Å²) in [6.45, 7) is 8.22. The van der Waals surface area contributed by atoms with E-state index in [0.29, 0.717) is 35.5 Å². The largest absolute Gasteiger partial charge is 0.336 e. The molecule has 1 N–H and O–H groups in total. The molecule has 8 nitrogen and oxygen atoms in total. The van der Waals surface area contributed by atoms with Crippen LogP contribution >= 0.6 is 0 Å². The number of benzene rings is 3. The second kappa shape index (κ2) is 12.1. The first-order chi connectivity index (χ1) is 18.5. The Morgan fingerprint density at radius 2 is 1.46 bits per heavy atom. The molecule has 0 spiro atoms. The summed E-state index contributed by atoms with van der Waals surface area (Å²) < 4.78 is 29.0. The summed E-state index contributed by atoms with van der Waals surface area (Å²) in [5, 5.41) is 2.79. The van der Waals surface area contributed by atoms with E-state index >= 15 is 0 Å². The standard InChI is InChI=1S/C30H36N4O4S/c1-22-18-23(2)29(24(3)19-22)39(37,38)34(20-25-8-6-5-7-9-25)21-28(35)31-27-12-10-26(11-13-27)30(36)33-16-14-32(4)15-17-33/h5-13,18-19H,14-17,20-21H2,1-4H3,(H,31,35). The van der Waals surface area contributed by atoms with Crippen molar-refractivity contribution < 1.29 is 18.0 Å². The van der Waals surface area contributed by atoms with Crippen LogP contribution < -0.4 is 5.32 Å². The lowest BCUT2D eigenvalue weighted by Gasteiger charge is -2.32. The highest BCUT2D eigenvalue weighted by molar-refractivity contribution is 7.89. The van der Waals surface area contributed by atoms with Gasteiger partial charge in [-0.1, -0.05) is 48.0 Å². The number of likely N-dealkylation sites (N-methyl/N-ethyl adjacent to an activating group) is 1. The summed E-state index contributed by atoms with van der Waals surface area (Å²) in [5.41, 5.74) is 4.10. The minimum atomic E-state index is -3.98. The van der Waals surface area contributed by atoms with Crippen molar-refractivity contribution in [2.45, 2.75) is 32.2 Å². The molecule has 1 aliphatic heterocycles. The van der Waals surface area contributed by atoms with Gasteiger partial charge in [0.25, 0.3) is 5.91 Å². The van der Waals surface area contributed by atoms with Crippen molar-refractivity contribution in [2.24, 2.45) is 0 Å². The Morgan fingerprint density at radius 3 is 2.05 bits per heavy atom. The van der Waals surface area contributed by atoms with Crippen LogP contribution in [0.3, 0.4) is 0 Å². The first-order valence-corrected chi connectivity index (χ1v) is 14.5. The van der Waals surface area contributed by atoms with E-state index < -0.39 is 15.9 Å². The Kier molecular flexibility index (Phi) is 8.84. The van der Waals surface area contributed by atoms with E-state index in [0.717, 1.165) is 24.2 Å². The Hall–Kier alpha value is -3.53. The van der Waals surface area contributed by atoms with Gasteiger partial charge in [-0.05, 0) is 68.8 Å². The number of rotatable bonds is 8. The fourth-order valence-electron chi connectivity index (χ4n) is 4.96. The molecule has 0 unspecified atom stereocenters. The summed E-state index contributed by atoms with van der Waals surface area (Å²) >= 11 is 0. The number of carbonyl (C=O) groups excluding carboxylic acids is 2. The zero-order chi connectivity index (χ0) is 28.2. The van der Waals surface area contributed by atoms with Crippen LogP contribution in [0.4, 0.5) is 5.69 Å². The van der Waals surface area contributed by atoms with Crippen molar-refractivity contribution >= 4 is 27.5 Å². The molecule has 0 saturated carbocycles. The van der Waals surface area contributed by atoms with Crippen molar-refractivity contribution in [3.63, 3.8) is 0 Å². The molecule has 1 saturated heterocycles. The van der Waals surface area contributed by atoms with E-state index in [1.54, 1.807) is 38.1 Å². The molecule has 0 aliphatic carbocycles. The predicted octanol–water partition coefficient (Wildman–Crippen LogP) is 3.83. The Balaban J connectivity index is 1.51. The van der Waals surface area contributed by atoms with Crippen molar-refractivity contribution in [3.05, 3.63) is 94.5 Å². The molecule has 9 heteroatoms. The highest BCUT2D eigenvalue weighted by Gasteiger charge is 2.30. The number of aryl methyl sites for hydroxylation is 3. The molecule has 39 heavy (non-hydrogen) atoms. The normalized spacial score (nSPS) is 14.4. The third-order valence-corrected chi connectivity index (χ3v) is 9.03. The topological polar surface area (TPSA) is 90.0 Å². The Morgan fingerprint density at radius 1 is 0.872 bits per heavy atom. The Labute approximate surface area is 231 Å². The fourth-order valence-corrected chi connectivity index (χ4v) is 6.76. The molecule has 206 valence electrons. The molecule has 1 fully saturated rings. The van der Waals surface area contributed by atoms with Crippen LogP contribution in [0.1, 0.15) is 32.6 Å². The number of piperazine rings is 1.